The molecule has 0 aromatic heterocycles. The summed E-state index contributed by atoms with van der Waals surface area (Å²) in [6.07, 6.45) is 22.8. The van der Waals surface area contributed by atoms with E-state index in [1.807, 2.05) is 0 Å². The molecule has 0 N–H and O–H groups in total. The standard InChI is InChI=1S/C29H42/c1-2-3-21-29(23-15-7-8-16-23,22-13-5-4-6-14-22)28-26-19-11-9-17-24(26)25-18-10-12-20-27(25)28/h2,4-6,13-14,23-28H,1,3,7-12,15-21H2/t24-,25-,26+,27?,28?,29-/m0/s1. The Balaban J connectivity index is 1.65. The topological polar surface area (TPSA) is 0 Å². The molecule has 0 aliphatic heterocycles. The molecule has 0 heteroatoms. The van der Waals surface area contributed by atoms with Crippen LogP contribution in [-0.2, 0) is 5.41 Å². The second-order valence-electron chi connectivity index (χ2n) is 11.0. The molecule has 0 nitrogen and oxygen atoms in total. The first-order chi connectivity index (χ1) is 14.4. The van der Waals surface area contributed by atoms with Crippen LogP contribution in [0.2, 0.25) is 0 Å². The van der Waals surface area contributed by atoms with Crippen LogP contribution in [0.3, 0.4) is 0 Å². The first kappa shape index (κ1) is 19.9. The Morgan fingerprint density at radius 1 is 0.724 bits per heavy atom. The van der Waals surface area contributed by atoms with Gasteiger partial charge in [0, 0.05) is 5.41 Å². The first-order valence-corrected chi connectivity index (χ1v) is 13.0. The summed E-state index contributed by atoms with van der Waals surface area (Å²) in [5.41, 5.74) is 2.11. The second kappa shape index (κ2) is 8.60. The minimum absolute atomic E-state index is 0.406. The van der Waals surface area contributed by atoms with E-state index < -0.39 is 0 Å². The van der Waals surface area contributed by atoms with Crippen molar-refractivity contribution in [1.29, 1.82) is 0 Å². The summed E-state index contributed by atoms with van der Waals surface area (Å²) in [5, 5.41) is 0. The molecule has 6 atom stereocenters. The van der Waals surface area contributed by atoms with E-state index in [1.54, 1.807) is 18.4 Å². The summed E-state index contributed by atoms with van der Waals surface area (Å²) in [5.74, 6) is 5.94. The molecule has 1 aromatic rings. The van der Waals surface area contributed by atoms with Crippen molar-refractivity contribution in [3.63, 3.8) is 0 Å². The summed E-state index contributed by atoms with van der Waals surface area (Å²) in [6.45, 7) is 4.17. The van der Waals surface area contributed by atoms with Crippen LogP contribution >= 0.6 is 0 Å². The fraction of sp³-hybridized carbons (Fsp3) is 0.724. The third-order valence-corrected chi connectivity index (χ3v) is 9.97. The lowest BCUT2D eigenvalue weighted by atomic mass is 9.53. The molecule has 0 saturated heterocycles. The van der Waals surface area contributed by atoms with Crippen LogP contribution < -0.4 is 0 Å². The largest absolute Gasteiger partial charge is 0.103 e. The van der Waals surface area contributed by atoms with Gasteiger partial charge in [-0.2, -0.15) is 0 Å². The zero-order chi connectivity index (χ0) is 19.7. The third-order valence-electron chi connectivity index (χ3n) is 9.97. The number of hydrogen-bond acceptors (Lipinski definition) is 0. The van der Waals surface area contributed by atoms with Crippen LogP contribution in [0.25, 0.3) is 0 Å². The molecule has 1 aromatic carbocycles. The summed E-state index contributed by atoms with van der Waals surface area (Å²) in [7, 11) is 0. The van der Waals surface area contributed by atoms with Gasteiger partial charge in [-0.1, -0.05) is 74.9 Å². The van der Waals surface area contributed by atoms with Gasteiger partial charge in [0.1, 0.15) is 0 Å². The summed E-state index contributed by atoms with van der Waals surface area (Å²) in [4.78, 5) is 0. The van der Waals surface area contributed by atoms with Crippen molar-refractivity contribution in [2.45, 2.75) is 95.3 Å². The van der Waals surface area contributed by atoms with Gasteiger partial charge in [-0.3, -0.25) is 0 Å². The van der Waals surface area contributed by atoms with Gasteiger partial charge in [-0.15, -0.1) is 6.58 Å². The predicted octanol–water partition coefficient (Wildman–Crippen LogP) is 8.32. The summed E-state index contributed by atoms with van der Waals surface area (Å²) >= 11 is 0. The van der Waals surface area contributed by atoms with E-state index in [1.165, 1.54) is 77.0 Å². The van der Waals surface area contributed by atoms with Crippen molar-refractivity contribution < 1.29 is 0 Å². The van der Waals surface area contributed by atoms with Gasteiger partial charge in [0.15, 0.2) is 0 Å². The summed E-state index contributed by atoms with van der Waals surface area (Å²) < 4.78 is 0. The van der Waals surface area contributed by atoms with Gasteiger partial charge in [-0.25, -0.2) is 0 Å². The Bertz CT molecular complexity index is 647. The maximum absolute atomic E-state index is 4.17. The molecule has 0 bridgehead atoms. The van der Waals surface area contributed by atoms with Crippen LogP contribution in [-0.4, -0.2) is 0 Å². The molecule has 4 aliphatic rings. The van der Waals surface area contributed by atoms with Crippen molar-refractivity contribution >= 4 is 0 Å². The Morgan fingerprint density at radius 2 is 1.24 bits per heavy atom. The lowest BCUT2D eigenvalue weighted by Gasteiger charge is -2.51. The molecule has 4 aliphatic carbocycles. The fourth-order valence-corrected chi connectivity index (χ4v) is 9.16. The van der Waals surface area contributed by atoms with E-state index in [0.29, 0.717) is 5.41 Å². The fourth-order valence-electron chi connectivity index (χ4n) is 9.16. The van der Waals surface area contributed by atoms with Crippen LogP contribution in [0, 0.1) is 35.5 Å². The number of hydrogen-bond donors (Lipinski definition) is 0. The van der Waals surface area contributed by atoms with Crippen molar-refractivity contribution in [3.05, 3.63) is 48.6 Å². The quantitative estimate of drug-likeness (QED) is 0.428. The number of allylic oxidation sites excluding steroid dienone is 1. The lowest BCUT2D eigenvalue weighted by Crippen LogP contribution is -2.47. The Hall–Kier alpha value is -1.04. The Morgan fingerprint density at radius 3 is 1.79 bits per heavy atom. The van der Waals surface area contributed by atoms with Crippen LogP contribution in [0.15, 0.2) is 43.0 Å². The normalized spacial score (nSPS) is 36.9. The highest BCUT2D eigenvalue weighted by molar-refractivity contribution is 5.31. The van der Waals surface area contributed by atoms with E-state index >= 15 is 0 Å². The molecule has 4 fully saturated rings. The smallest absolute Gasteiger partial charge is 0.00179 e. The average Bonchev–Trinajstić information content (AvgIpc) is 3.43. The maximum atomic E-state index is 4.17. The number of rotatable bonds is 6. The van der Waals surface area contributed by atoms with E-state index in [0.717, 1.165) is 35.5 Å². The minimum atomic E-state index is 0.406. The van der Waals surface area contributed by atoms with E-state index in [-0.39, 0.29) is 0 Å². The second-order valence-corrected chi connectivity index (χ2v) is 11.0. The molecule has 0 heterocycles. The zero-order valence-corrected chi connectivity index (χ0v) is 18.5. The van der Waals surface area contributed by atoms with E-state index in [9.17, 15) is 0 Å². The molecule has 2 unspecified atom stereocenters. The molecule has 0 radical (unpaired) electrons. The van der Waals surface area contributed by atoms with Gasteiger partial charge in [-0.05, 0) is 92.4 Å². The van der Waals surface area contributed by atoms with Gasteiger partial charge >= 0.3 is 0 Å². The Labute approximate surface area is 179 Å². The van der Waals surface area contributed by atoms with Crippen molar-refractivity contribution in [2.24, 2.45) is 35.5 Å². The average molecular weight is 391 g/mol. The van der Waals surface area contributed by atoms with Gasteiger partial charge in [0.2, 0.25) is 0 Å². The number of benzene rings is 1. The van der Waals surface area contributed by atoms with Crippen molar-refractivity contribution in [1.82, 2.24) is 0 Å². The molecular weight excluding hydrogens is 348 g/mol. The van der Waals surface area contributed by atoms with Gasteiger partial charge in [0.25, 0.3) is 0 Å². The minimum Gasteiger partial charge on any atom is -0.103 e. The third kappa shape index (κ3) is 3.34. The highest BCUT2D eigenvalue weighted by Gasteiger charge is 2.60. The highest BCUT2D eigenvalue weighted by atomic mass is 14.6. The Kier molecular flexibility index (Phi) is 5.90. The predicted molar refractivity (Wildman–Crippen MR) is 124 cm³/mol. The van der Waals surface area contributed by atoms with Crippen molar-refractivity contribution in [2.75, 3.05) is 0 Å². The lowest BCUT2D eigenvalue weighted by molar-refractivity contribution is 0.0602. The first-order valence-electron chi connectivity index (χ1n) is 13.0. The van der Waals surface area contributed by atoms with Crippen molar-refractivity contribution in [3.8, 4) is 0 Å². The molecule has 29 heavy (non-hydrogen) atoms. The maximum Gasteiger partial charge on any atom is 0.00179 e. The molecule has 158 valence electrons. The van der Waals surface area contributed by atoms with Crippen LogP contribution in [0.4, 0.5) is 0 Å². The van der Waals surface area contributed by atoms with Crippen LogP contribution in [0.1, 0.15) is 95.5 Å². The van der Waals surface area contributed by atoms with E-state index in [4.69, 9.17) is 0 Å². The van der Waals surface area contributed by atoms with Crippen LogP contribution in [0.5, 0.6) is 0 Å². The van der Waals surface area contributed by atoms with Gasteiger partial charge < -0.3 is 0 Å². The molecule has 4 saturated carbocycles. The SMILES string of the molecule is C=CCC[C@](c1ccccc1)(C1CCCC1)C1C2CCCC[C@H]2[C@@H]2CCCC[C@@H]12. The highest BCUT2D eigenvalue weighted by Crippen LogP contribution is 2.66. The molecule has 0 spiro atoms. The molecular formula is C29H42. The van der Waals surface area contributed by atoms with E-state index in [2.05, 4.69) is 43.0 Å². The van der Waals surface area contributed by atoms with Gasteiger partial charge in [0.05, 0.1) is 0 Å². The molecule has 0 amide bonds. The number of fused-ring (bicyclic) bond motifs is 3. The zero-order valence-electron chi connectivity index (χ0n) is 18.5. The monoisotopic (exact) mass is 390 g/mol. The summed E-state index contributed by atoms with van der Waals surface area (Å²) in [6, 6.07) is 11.9. The molecule has 5 rings (SSSR count).